The van der Waals surface area contributed by atoms with E-state index >= 15 is 0 Å². The van der Waals surface area contributed by atoms with Gasteiger partial charge in [-0.25, -0.2) is 9.97 Å². The molecule has 6 nitrogen and oxygen atoms in total. The molecule has 1 aromatic carbocycles. The summed E-state index contributed by atoms with van der Waals surface area (Å²) in [6.45, 7) is 0.560. The molecular formula is C18H17ClF3N3O3. The quantitative estimate of drug-likeness (QED) is 0.794. The van der Waals surface area contributed by atoms with Gasteiger partial charge < -0.3 is 14.7 Å². The molecule has 2 heterocycles. The van der Waals surface area contributed by atoms with E-state index in [9.17, 15) is 18.0 Å². The predicted molar refractivity (Wildman–Crippen MR) is 95.4 cm³/mol. The molecule has 0 saturated carbocycles. The molecule has 1 unspecified atom stereocenters. The van der Waals surface area contributed by atoms with Crippen LogP contribution < -0.4 is 9.64 Å². The summed E-state index contributed by atoms with van der Waals surface area (Å²) in [6.07, 6.45) is -0.537. The molecule has 0 spiro atoms. The minimum Gasteiger partial charge on any atom is -0.486 e. The Kier molecular flexibility index (Phi) is 5.93. The zero-order valence-electron chi connectivity index (χ0n) is 14.6. The Morgan fingerprint density at radius 3 is 2.68 bits per heavy atom. The van der Waals surface area contributed by atoms with Crippen LogP contribution >= 0.6 is 11.6 Å². The molecule has 28 heavy (non-hydrogen) atoms. The van der Waals surface area contributed by atoms with E-state index in [1.54, 1.807) is 4.90 Å². The number of carbonyl (C=O) groups is 1. The average molecular weight is 416 g/mol. The number of hydrogen-bond acceptors (Lipinski definition) is 5. The van der Waals surface area contributed by atoms with Gasteiger partial charge in [0.1, 0.15) is 6.61 Å². The molecule has 2 aromatic rings. The normalized spacial score (nSPS) is 17.4. The molecule has 0 bridgehead atoms. The lowest BCUT2D eigenvalue weighted by atomic mass is 9.99. The third kappa shape index (κ3) is 4.64. The maximum Gasteiger partial charge on any atom is 0.416 e. The van der Waals surface area contributed by atoms with Gasteiger partial charge in [-0.05, 0) is 25.0 Å². The number of alkyl halides is 3. The number of carboxylic acids is 1. The third-order valence-corrected chi connectivity index (χ3v) is 4.83. The monoisotopic (exact) mass is 415 g/mol. The van der Waals surface area contributed by atoms with Crippen molar-refractivity contribution in [2.75, 3.05) is 18.0 Å². The number of piperidine rings is 1. The Bertz CT molecular complexity index is 846. The first kappa shape index (κ1) is 20.2. The van der Waals surface area contributed by atoms with Gasteiger partial charge in [0.05, 0.1) is 23.9 Å². The topological polar surface area (TPSA) is 75.5 Å². The lowest BCUT2D eigenvalue weighted by molar-refractivity contribution is -0.142. The summed E-state index contributed by atoms with van der Waals surface area (Å²) in [5.74, 6) is -0.797. The molecule has 0 aliphatic carbocycles. The van der Waals surface area contributed by atoms with Crippen molar-refractivity contribution < 1.29 is 27.8 Å². The van der Waals surface area contributed by atoms with Crippen LogP contribution in [-0.4, -0.2) is 34.1 Å². The number of halogens is 4. The summed E-state index contributed by atoms with van der Waals surface area (Å²) in [6, 6.07) is 3.54. The van der Waals surface area contributed by atoms with Crippen LogP contribution in [0, 0.1) is 5.92 Å². The van der Waals surface area contributed by atoms with Crippen molar-refractivity contribution in [1.82, 2.24) is 9.97 Å². The number of benzene rings is 1. The maximum absolute atomic E-state index is 13.1. The lowest BCUT2D eigenvalue weighted by Crippen LogP contribution is -2.39. The minimum atomic E-state index is -4.54. The molecule has 1 N–H and O–H groups in total. The fourth-order valence-electron chi connectivity index (χ4n) is 3.03. The second kappa shape index (κ2) is 8.22. The highest BCUT2D eigenvalue weighted by Gasteiger charge is 2.34. The first-order valence-corrected chi connectivity index (χ1v) is 8.90. The average Bonchev–Trinajstić information content (AvgIpc) is 2.66. The van der Waals surface area contributed by atoms with E-state index in [0.29, 0.717) is 31.9 Å². The van der Waals surface area contributed by atoms with Gasteiger partial charge >= 0.3 is 12.1 Å². The molecule has 1 fully saturated rings. The van der Waals surface area contributed by atoms with Gasteiger partial charge in [0.2, 0.25) is 5.95 Å². The Morgan fingerprint density at radius 1 is 1.32 bits per heavy atom. The third-order valence-electron chi connectivity index (χ3n) is 4.48. The van der Waals surface area contributed by atoms with Crippen molar-refractivity contribution in [3.8, 4) is 5.75 Å². The second-order valence-corrected chi connectivity index (χ2v) is 6.80. The number of rotatable bonds is 5. The molecule has 1 aromatic heterocycles. The van der Waals surface area contributed by atoms with Gasteiger partial charge in [-0.1, -0.05) is 17.7 Å². The fourth-order valence-corrected chi connectivity index (χ4v) is 3.26. The molecule has 1 aliphatic heterocycles. The van der Waals surface area contributed by atoms with Crippen molar-refractivity contribution in [2.45, 2.75) is 25.6 Å². The van der Waals surface area contributed by atoms with Crippen molar-refractivity contribution >= 4 is 23.5 Å². The number of nitrogens with zero attached hydrogens (tertiary/aromatic N) is 3. The number of aromatic nitrogens is 2. The van der Waals surface area contributed by atoms with Crippen LogP contribution in [0.4, 0.5) is 19.1 Å². The molecule has 0 radical (unpaired) electrons. The standard InChI is InChI=1S/C18H17ClF3N3O3/c19-15-5-1-4-14(18(20,21)22)13(15)10-28-12-7-23-17(24-8-12)25-6-2-3-11(9-25)16(26)27/h1,4-5,7-8,11H,2-3,6,9-10H2,(H,26,27). The van der Waals surface area contributed by atoms with Crippen LogP contribution in [0.2, 0.25) is 5.02 Å². The smallest absolute Gasteiger partial charge is 0.416 e. The van der Waals surface area contributed by atoms with E-state index in [1.165, 1.54) is 24.5 Å². The Labute approximate surface area is 163 Å². The Balaban J connectivity index is 1.68. The van der Waals surface area contributed by atoms with E-state index in [-0.39, 0.29) is 22.9 Å². The number of anilines is 1. The van der Waals surface area contributed by atoms with Crippen molar-refractivity contribution in [3.05, 3.63) is 46.7 Å². The molecule has 0 amide bonds. The summed E-state index contributed by atoms with van der Waals surface area (Å²) >= 11 is 5.90. The number of aliphatic carboxylic acids is 1. The fraction of sp³-hybridized carbons (Fsp3) is 0.389. The maximum atomic E-state index is 13.1. The van der Waals surface area contributed by atoms with Gasteiger partial charge in [0.15, 0.2) is 5.75 Å². The lowest BCUT2D eigenvalue weighted by Gasteiger charge is -2.30. The van der Waals surface area contributed by atoms with Crippen LogP contribution in [0.25, 0.3) is 0 Å². The van der Waals surface area contributed by atoms with Gasteiger partial charge in [-0.2, -0.15) is 13.2 Å². The summed E-state index contributed by atoms with van der Waals surface area (Å²) in [5, 5.41) is 9.11. The highest BCUT2D eigenvalue weighted by molar-refractivity contribution is 6.31. The zero-order valence-corrected chi connectivity index (χ0v) is 15.4. The number of hydrogen-bond donors (Lipinski definition) is 1. The van der Waals surface area contributed by atoms with Gasteiger partial charge in [0.25, 0.3) is 0 Å². The number of ether oxygens (including phenoxy) is 1. The van der Waals surface area contributed by atoms with Crippen LogP contribution in [0.3, 0.4) is 0 Å². The summed E-state index contributed by atoms with van der Waals surface area (Å²) in [5.41, 5.74) is -1.02. The van der Waals surface area contributed by atoms with Gasteiger partial charge in [-0.15, -0.1) is 0 Å². The van der Waals surface area contributed by atoms with Crippen LogP contribution in [0.5, 0.6) is 5.75 Å². The Hall–Kier alpha value is -2.55. The van der Waals surface area contributed by atoms with E-state index in [4.69, 9.17) is 21.4 Å². The van der Waals surface area contributed by atoms with E-state index in [0.717, 1.165) is 6.07 Å². The minimum absolute atomic E-state index is 0.0413. The summed E-state index contributed by atoms with van der Waals surface area (Å²) in [7, 11) is 0. The molecule has 1 atom stereocenters. The van der Waals surface area contributed by atoms with Crippen molar-refractivity contribution in [2.24, 2.45) is 5.92 Å². The summed E-state index contributed by atoms with van der Waals surface area (Å²) < 4.78 is 44.7. The molecular weight excluding hydrogens is 399 g/mol. The van der Waals surface area contributed by atoms with Crippen molar-refractivity contribution in [3.63, 3.8) is 0 Å². The highest BCUT2D eigenvalue weighted by Crippen LogP contribution is 2.35. The van der Waals surface area contributed by atoms with Gasteiger partial charge in [0, 0.05) is 23.7 Å². The van der Waals surface area contributed by atoms with E-state index < -0.39 is 23.6 Å². The molecule has 1 aliphatic rings. The van der Waals surface area contributed by atoms with Gasteiger partial charge in [-0.3, -0.25) is 4.79 Å². The molecule has 10 heteroatoms. The first-order valence-electron chi connectivity index (χ1n) is 8.53. The first-order chi connectivity index (χ1) is 13.3. The SMILES string of the molecule is O=C(O)C1CCCN(c2ncc(OCc3c(Cl)cccc3C(F)(F)F)cn2)C1. The van der Waals surface area contributed by atoms with Crippen LogP contribution in [0.1, 0.15) is 24.0 Å². The Morgan fingerprint density at radius 2 is 2.04 bits per heavy atom. The van der Waals surface area contributed by atoms with Crippen LogP contribution in [-0.2, 0) is 17.6 Å². The van der Waals surface area contributed by atoms with E-state index in [1.807, 2.05) is 0 Å². The summed E-state index contributed by atoms with van der Waals surface area (Å²) in [4.78, 5) is 21.2. The molecule has 3 rings (SSSR count). The molecule has 150 valence electrons. The largest absolute Gasteiger partial charge is 0.486 e. The van der Waals surface area contributed by atoms with Crippen LogP contribution in [0.15, 0.2) is 30.6 Å². The number of carboxylic acid groups (broad SMARTS) is 1. The zero-order chi connectivity index (χ0) is 20.3. The highest BCUT2D eigenvalue weighted by atomic mass is 35.5. The molecule has 1 saturated heterocycles. The second-order valence-electron chi connectivity index (χ2n) is 6.39. The van der Waals surface area contributed by atoms with Crippen molar-refractivity contribution in [1.29, 1.82) is 0 Å². The predicted octanol–water partition coefficient (Wildman–Crippen LogP) is 4.03. The van der Waals surface area contributed by atoms with E-state index in [2.05, 4.69) is 9.97 Å².